The molecule has 1 N–H and O–H groups in total. The SMILES string of the molecule is CC(C)n1ncnc1CC(O)CCc1ccncc1. The molecule has 0 aliphatic heterocycles. The minimum Gasteiger partial charge on any atom is -0.393 e. The van der Waals surface area contributed by atoms with Crippen molar-refractivity contribution in [3.05, 3.63) is 42.2 Å². The Balaban J connectivity index is 1.87. The summed E-state index contributed by atoms with van der Waals surface area (Å²) >= 11 is 0. The first kappa shape index (κ1) is 13.7. The fraction of sp³-hybridized carbons (Fsp3) is 0.500. The summed E-state index contributed by atoms with van der Waals surface area (Å²) in [5.74, 6) is 0.845. The van der Waals surface area contributed by atoms with Gasteiger partial charge >= 0.3 is 0 Å². The molecule has 1 atom stereocenters. The van der Waals surface area contributed by atoms with Gasteiger partial charge in [-0.2, -0.15) is 5.10 Å². The minimum atomic E-state index is -0.394. The predicted molar refractivity (Wildman–Crippen MR) is 72.7 cm³/mol. The summed E-state index contributed by atoms with van der Waals surface area (Å²) in [6, 6.07) is 4.22. The van der Waals surface area contributed by atoms with Crippen LogP contribution in [-0.2, 0) is 12.8 Å². The molecule has 19 heavy (non-hydrogen) atoms. The highest BCUT2D eigenvalue weighted by molar-refractivity contribution is 5.09. The molecule has 0 aliphatic rings. The molecule has 102 valence electrons. The number of aliphatic hydroxyl groups is 1. The molecule has 2 aromatic rings. The molecule has 0 spiro atoms. The zero-order valence-electron chi connectivity index (χ0n) is 11.4. The van der Waals surface area contributed by atoms with Crippen LogP contribution in [0.2, 0.25) is 0 Å². The van der Waals surface area contributed by atoms with Gasteiger partial charge in [-0.15, -0.1) is 0 Å². The van der Waals surface area contributed by atoms with E-state index in [9.17, 15) is 5.11 Å². The minimum absolute atomic E-state index is 0.268. The van der Waals surface area contributed by atoms with E-state index in [1.54, 1.807) is 18.7 Å². The zero-order chi connectivity index (χ0) is 13.7. The molecule has 0 saturated heterocycles. The lowest BCUT2D eigenvalue weighted by atomic mass is 10.1. The Kier molecular flexibility index (Phi) is 4.63. The summed E-state index contributed by atoms with van der Waals surface area (Å²) < 4.78 is 1.86. The molecule has 0 aliphatic carbocycles. The second-order valence-electron chi connectivity index (χ2n) is 4.97. The highest BCUT2D eigenvalue weighted by Crippen LogP contribution is 2.11. The van der Waals surface area contributed by atoms with Crippen LogP contribution in [0.25, 0.3) is 0 Å². The molecule has 1 unspecified atom stereocenters. The Labute approximate surface area is 113 Å². The smallest absolute Gasteiger partial charge is 0.138 e. The third-order valence-electron chi connectivity index (χ3n) is 3.07. The Morgan fingerprint density at radius 2 is 2.00 bits per heavy atom. The third kappa shape index (κ3) is 3.86. The quantitative estimate of drug-likeness (QED) is 0.860. The molecular weight excluding hydrogens is 240 g/mol. The lowest BCUT2D eigenvalue weighted by molar-refractivity contribution is 0.160. The first-order valence-corrected chi connectivity index (χ1v) is 6.62. The van der Waals surface area contributed by atoms with Gasteiger partial charge < -0.3 is 5.11 Å². The maximum atomic E-state index is 10.1. The molecule has 5 nitrogen and oxygen atoms in total. The van der Waals surface area contributed by atoms with Gasteiger partial charge in [0.25, 0.3) is 0 Å². The van der Waals surface area contributed by atoms with Crippen molar-refractivity contribution in [2.24, 2.45) is 0 Å². The van der Waals surface area contributed by atoms with Gasteiger partial charge in [0.2, 0.25) is 0 Å². The van der Waals surface area contributed by atoms with Crippen LogP contribution in [-0.4, -0.2) is 31.0 Å². The van der Waals surface area contributed by atoms with Gasteiger partial charge in [0.1, 0.15) is 12.2 Å². The molecule has 2 heterocycles. The summed E-state index contributed by atoms with van der Waals surface area (Å²) in [7, 11) is 0. The van der Waals surface area contributed by atoms with Gasteiger partial charge in [-0.3, -0.25) is 4.98 Å². The van der Waals surface area contributed by atoms with Crippen molar-refractivity contribution in [1.29, 1.82) is 0 Å². The van der Waals surface area contributed by atoms with Crippen LogP contribution in [0.5, 0.6) is 0 Å². The van der Waals surface area contributed by atoms with E-state index < -0.39 is 6.10 Å². The number of aliphatic hydroxyl groups excluding tert-OH is 1. The van der Waals surface area contributed by atoms with E-state index in [1.165, 1.54) is 5.56 Å². The van der Waals surface area contributed by atoms with Crippen LogP contribution in [0.1, 0.15) is 37.7 Å². The maximum absolute atomic E-state index is 10.1. The van der Waals surface area contributed by atoms with E-state index in [2.05, 4.69) is 28.9 Å². The molecule has 0 saturated carbocycles. The highest BCUT2D eigenvalue weighted by Gasteiger charge is 2.13. The van der Waals surface area contributed by atoms with E-state index in [1.807, 2.05) is 16.8 Å². The van der Waals surface area contributed by atoms with Crippen molar-refractivity contribution in [2.75, 3.05) is 0 Å². The normalized spacial score (nSPS) is 12.8. The predicted octanol–water partition coefficient (Wildman–Crippen LogP) is 1.79. The van der Waals surface area contributed by atoms with Crippen LogP contribution in [0.3, 0.4) is 0 Å². The molecule has 0 aromatic carbocycles. The number of aromatic nitrogens is 4. The van der Waals surface area contributed by atoms with Crippen LogP contribution in [0.15, 0.2) is 30.9 Å². The van der Waals surface area contributed by atoms with Crippen LogP contribution in [0.4, 0.5) is 0 Å². The van der Waals surface area contributed by atoms with E-state index in [-0.39, 0.29) is 6.04 Å². The zero-order valence-corrected chi connectivity index (χ0v) is 11.4. The van der Waals surface area contributed by atoms with E-state index in [0.29, 0.717) is 6.42 Å². The van der Waals surface area contributed by atoms with Gasteiger partial charge in [0.15, 0.2) is 0 Å². The summed E-state index contributed by atoms with van der Waals surface area (Å²) in [6.07, 6.45) is 6.81. The average molecular weight is 260 g/mol. The van der Waals surface area contributed by atoms with Gasteiger partial charge in [0, 0.05) is 24.9 Å². The molecule has 0 radical (unpaired) electrons. The van der Waals surface area contributed by atoms with Crippen molar-refractivity contribution < 1.29 is 5.11 Å². The lowest BCUT2D eigenvalue weighted by Gasteiger charge is -2.13. The Morgan fingerprint density at radius 3 is 2.68 bits per heavy atom. The number of hydrogen-bond acceptors (Lipinski definition) is 4. The van der Waals surface area contributed by atoms with Gasteiger partial charge in [-0.1, -0.05) is 0 Å². The molecule has 0 amide bonds. The molecule has 5 heteroatoms. The molecule has 0 fully saturated rings. The van der Waals surface area contributed by atoms with E-state index >= 15 is 0 Å². The third-order valence-corrected chi connectivity index (χ3v) is 3.07. The van der Waals surface area contributed by atoms with Gasteiger partial charge in [-0.05, 0) is 44.4 Å². The van der Waals surface area contributed by atoms with Crippen LogP contribution < -0.4 is 0 Å². The number of rotatable bonds is 6. The molecule has 0 bridgehead atoms. The van der Waals surface area contributed by atoms with Crippen LogP contribution >= 0.6 is 0 Å². The summed E-state index contributed by atoms with van der Waals surface area (Å²) in [4.78, 5) is 8.19. The Morgan fingerprint density at radius 1 is 1.26 bits per heavy atom. The van der Waals surface area contributed by atoms with Crippen molar-refractivity contribution in [2.45, 2.75) is 45.3 Å². The van der Waals surface area contributed by atoms with Crippen molar-refractivity contribution in [1.82, 2.24) is 19.7 Å². The number of nitrogens with zero attached hydrogens (tertiary/aromatic N) is 4. The Bertz CT molecular complexity index is 495. The maximum Gasteiger partial charge on any atom is 0.138 e. The van der Waals surface area contributed by atoms with Crippen molar-refractivity contribution in [3.8, 4) is 0 Å². The van der Waals surface area contributed by atoms with Gasteiger partial charge in [0.05, 0.1) is 6.10 Å². The first-order chi connectivity index (χ1) is 9.16. The van der Waals surface area contributed by atoms with Gasteiger partial charge in [-0.25, -0.2) is 9.67 Å². The summed E-state index contributed by atoms with van der Waals surface area (Å²) in [5, 5.41) is 14.3. The topological polar surface area (TPSA) is 63.8 Å². The molecule has 2 rings (SSSR count). The van der Waals surface area contributed by atoms with E-state index in [0.717, 1.165) is 18.7 Å². The number of aryl methyl sites for hydroxylation is 1. The average Bonchev–Trinajstić information content (AvgIpc) is 2.86. The lowest BCUT2D eigenvalue weighted by Crippen LogP contribution is -2.17. The van der Waals surface area contributed by atoms with Crippen molar-refractivity contribution >= 4 is 0 Å². The second kappa shape index (κ2) is 6.43. The fourth-order valence-electron chi connectivity index (χ4n) is 2.05. The monoisotopic (exact) mass is 260 g/mol. The number of hydrogen-bond donors (Lipinski definition) is 1. The first-order valence-electron chi connectivity index (χ1n) is 6.62. The molecular formula is C14H20N4O. The summed E-state index contributed by atoms with van der Waals surface area (Å²) in [6.45, 7) is 4.11. The van der Waals surface area contributed by atoms with Crippen LogP contribution in [0, 0.1) is 0 Å². The van der Waals surface area contributed by atoms with E-state index in [4.69, 9.17) is 0 Å². The standard InChI is InChI=1S/C14H20N4O/c1-11(2)18-14(16-10-17-18)9-13(19)4-3-12-5-7-15-8-6-12/h5-8,10-11,13,19H,3-4,9H2,1-2H3. The number of pyridine rings is 1. The Hall–Kier alpha value is -1.75. The fourth-order valence-corrected chi connectivity index (χ4v) is 2.05. The molecule has 2 aromatic heterocycles. The summed E-state index contributed by atoms with van der Waals surface area (Å²) in [5.41, 5.74) is 1.19. The second-order valence-corrected chi connectivity index (χ2v) is 4.97. The largest absolute Gasteiger partial charge is 0.393 e. The highest BCUT2D eigenvalue weighted by atomic mass is 16.3. The van der Waals surface area contributed by atoms with Crippen molar-refractivity contribution in [3.63, 3.8) is 0 Å².